The molecule has 0 saturated carbocycles. The van der Waals surface area contributed by atoms with Crippen LogP contribution in [-0.4, -0.2) is 59.1 Å². The standard InChI is InChI=1S/C17H26N2O5/c1-11-14(18-9-10-24-11)17(20)19-8-7-12-5-6-13(21-2)16(23-4)15(12)22-3/h5-6,11,14,18H,7-10H2,1-4H3,(H,19,20)/t11-,14+/m1/s1. The number of amides is 1. The first-order valence-electron chi connectivity index (χ1n) is 8.02. The zero-order chi connectivity index (χ0) is 17.5. The average Bonchev–Trinajstić information content (AvgIpc) is 2.61. The fourth-order valence-electron chi connectivity index (χ4n) is 2.82. The predicted octanol–water partition coefficient (Wildman–Crippen LogP) is 0.748. The molecule has 1 aromatic rings. The molecular weight excluding hydrogens is 312 g/mol. The van der Waals surface area contributed by atoms with Crippen molar-refractivity contribution in [3.05, 3.63) is 17.7 Å². The van der Waals surface area contributed by atoms with Gasteiger partial charge in [0.1, 0.15) is 6.04 Å². The van der Waals surface area contributed by atoms with Gasteiger partial charge < -0.3 is 29.6 Å². The maximum atomic E-state index is 12.2. The second-order valence-corrected chi connectivity index (χ2v) is 5.54. The predicted molar refractivity (Wildman–Crippen MR) is 90.0 cm³/mol. The van der Waals surface area contributed by atoms with Crippen LogP contribution in [0.25, 0.3) is 0 Å². The molecule has 0 radical (unpaired) electrons. The SMILES string of the molecule is COc1ccc(CCNC(=O)[C@H]2NCCO[C@@H]2C)c(OC)c1OC. The number of rotatable bonds is 7. The van der Waals surface area contributed by atoms with Gasteiger partial charge in [0.25, 0.3) is 0 Å². The summed E-state index contributed by atoms with van der Waals surface area (Å²) in [7, 11) is 4.74. The second-order valence-electron chi connectivity index (χ2n) is 5.54. The number of methoxy groups -OCH3 is 3. The molecule has 2 rings (SSSR count). The van der Waals surface area contributed by atoms with Crippen LogP contribution in [0, 0.1) is 0 Å². The monoisotopic (exact) mass is 338 g/mol. The van der Waals surface area contributed by atoms with Crippen LogP contribution in [0.2, 0.25) is 0 Å². The summed E-state index contributed by atoms with van der Waals surface area (Å²) in [6.45, 7) is 3.71. The van der Waals surface area contributed by atoms with Crippen molar-refractivity contribution < 1.29 is 23.7 Å². The summed E-state index contributed by atoms with van der Waals surface area (Å²) in [4.78, 5) is 12.2. The van der Waals surface area contributed by atoms with Crippen LogP contribution >= 0.6 is 0 Å². The van der Waals surface area contributed by atoms with Gasteiger partial charge in [-0.25, -0.2) is 0 Å². The van der Waals surface area contributed by atoms with E-state index >= 15 is 0 Å². The second kappa shape index (κ2) is 8.75. The van der Waals surface area contributed by atoms with Gasteiger partial charge in [0.15, 0.2) is 11.5 Å². The lowest BCUT2D eigenvalue weighted by molar-refractivity contribution is -0.128. The minimum Gasteiger partial charge on any atom is -0.493 e. The van der Waals surface area contributed by atoms with Gasteiger partial charge in [-0.05, 0) is 19.4 Å². The molecule has 24 heavy (non-hydrogen) atoms. The van der Waals surface area contributed by atoms with E-state index in [4.69, 9.17) is 18.9 Å². The van der Waals surface area contributed by atoms with Crippen molar-refractivity contribution in [3.63, 3.8) is 0 Å². The highest BCUT2D eigenvalue weighted by Crippen LogP contribution is 2.39. The number of hydrogen-bond donors (Lipinski definition) is 2. The molecule has 1 fully saturated rings. The molecular formula is C17H26N2O5. The summed E-state index contributed by atoms with van der Waals surface area (Å²) in [5.74, 6) is 1.74. The maximum Gasteiger partial charge on any atom is 0.239 e. The van der Waals surface area contributed by atoms with Crippen molar-refractivity contribution in [2.75, 3.05) is 41.0 Å². The highest BCUT2D eigenvalue weighted by Gasteiger charge is 2.28. The first-order chi connectivity index (χ1) is 11.6. The van der Waals surface area contributed by atoms with Gasteiger partial charge >= 0.3 is 0 Å². The summed E-state index contributed by atoms with van der Waals surface area (Å²) < 4.78 is 21.6. The smallest absolute Gasteiger partial charge is 0.239 e. The average molecular weight is 338 g/mol. The molecule has 2 atom stereocenters. The molecule has 1 amide bonds. The van der Waals surface area contributed by atoms with Crippen LogP contribution < -0.4 is 24.8 Å². The first kappa shape index (κ1) is 18.4. The Labute approximate surface area is 142 Å². The van der Waals surface area contributed by atoms with Crippen LogP contribution in [-0.2, 0) is 16.0 Å². The van der Waals surface area contributed by atoms with Crippen LogP contribution in [0.1, 0.15) is 12.5 Å². The summed E-state index contributed by atoms with van der Waals surface area (Å²) in [5.41, 5.74) is 0.941. The molecule has 7 heteroatoms. The number of morpholine rings is 1. The van der Waals surface area contributed by atoms with Gasteiger partial charge in [0.2, 0.25) is 11.7 Å². The van der Waals surface area contributed by atoms with Crippen LogP contribution in [0.5, 0.6) is 17.2 Å². The highest BCUT2D eigenvalue weighted by molar-refractivity contribution is 5.82. The Bertz CT molecular complexity index is 564. The van der Waals surface area contributed by atoms with Gasteiger partial charge in [-0.2, -0.15) is 0 Å². The van der Waals surface area contributed by atoms with Gasteiger partial charge in [0, 0.05) is 18.7 Å². The van der Waals surface area contributed by atoms with Crippen molar-refractivity contribution in [2.24, 2.45) is 0 Å². The van der Waals surface area contributed by atoms with Crippen molar-refractivity contribution in [1.82, 2.24) is 10.6 Å². The van der Waals surface area contributed by atoms with Gasteiger partial charge in [-0.3, -0.25) is 4.79 Å². The summed E-state index contributed by atoms with van der Waals surface area (Å²) in [5, 5.41) is 6.11. The quantitative estimate of drug-likeness (QED) is 0.764. The Balaban J connectivity index is 1.98. The molecule has 0 aromatic heterocycles. The number of carbonyl (C=O) groups is 1. The number of nitrogens with one attached hydrogen (secondary N) is 2. The Morgan fingerprint density at radius 2 is 2.00 bits per heavy atom. The molecule has 0 bridgehead atoms. The normalized spacial score (nSPS) is 20.3. The molecule has 0 spiro atoms. The topological polar surface area (TPSA) is 78.1 Å². The van der Waals surface area contributed by atoms with Crippen LogP contribution in [0.15, 0.2) is 12.1 Å². The minimum absolute atomic E-state index is 0.0540. The molecule has 1 heterocycles. The molecule has 2 N–H and O–H groups in total. The summed E-state index contributed by atoms with van der Waals surface area (Å²) in [6.07, 6.45) is 0.492. The molecule has 1 aromatic carbocycles. The summed E-state index contributed by atoms with van der Waals surface area (Å²) >= 11 is 0. The zero-order valence-electron chi connectivity index (χ0n) is 14.7. The third-order valence-corrected chi connectivity index (χ3v) is 4.08. The minimum atomic E-state index is -0.314. The molecule has 134 valence electrons. The van der Waals surface area contributed by atoms with Crippen molar-refractivity contribution in [1.29, 1.82) is 0 Å². The third-order valence-electron chi connectivity index (χ3n) is 4.08. The number of carbonyl (C=O) groups excluding carboxylic acids is 1. The van der Waals surface area contributed by atoms with E-state index in [0.717, 1.165) is 5.56 Å². The van der Waals surface area contributed by atoms with E-state index in [1.54, 1.807) is 21.3 Å². The van der Waals surface area contributed by atoms with Crippen molar-refractivity contribution >= 4 is 5.91 Å². The maximum absolute atomic E-state index is 12.2. The van der Waals surface area contributed by atoms with Crippen molar-refractivity contribution in [2.45, 2.75) is 25.5 Å². The van der Waals surface area contributed by atoms with E-state index in [9.17, 15) is 4.79 Å². The third kappa shape index (κ3) is 4.10. The van der Waals surface area contributed by atoms with Crippen molar-refractivity contribution in [3.8, 4) is 17.2 Å². The molecule has 1 saturated heterocycles. The Kier molecular flexibility index (Phi) is 6.69. The van der Waals surface area contributed by atoms with E-state index in [0.29, 0.717) is 43.4 Å². The summed E-state index contributed by atoms with van der Waals surface area (Å²) in [6, 6.07) is 3.43. The fraction of sp³-hybridized carbons (Fsp3) is 0.588. The lowest BCUT2D eigenvalue weighted by Crippen LogP contribution is -2.55. The van der Waals surface area contributed by atoms with E-state index in [1.165, 1.54) is 0 Å². The molecule has 7 nitrogen and oxygen atoms in total. The van der Waals surface area contributed by atoms with E-state index in [1.807, 2.05) is 19.1 Å². The zero-order valence-corrected chi connectivity index (χ0v) is 14.7. The Morgan fingerprint density at radius 3 is 2.62 bits per heavy atom. The number of hydrogen-bond acceptors (Lipinski definition) is 6. The number of benzene rings is 1. The van der Waals surface area contributed by atoms with E-state index in [2.05, 4.69) is 10.6 Å². The molecule has 0 aliphatic carbocycles. The number of ether oxygens (including phenoxy) is 4. The van der Waals surface area contributed by atoms with E-state index < -0.39 is 0 Å². The van der Waals surface area contributed by atoms with Crippen LogP contribution in [0.3, 0.4) is 0 Å². The lowest BCUT2D eigenvalue weighted by atomic mass is 10.1. The van der Waals surface area contributed by atoms with Crippen LogP contribution in [0.4, 0.5) is 0 Å². The molecule has 1 aliphatic rings. The van der Waals surface area contributed by atoms with Gasteiger partial charge in [0.05, 0.1) is 34.0 Å². The Morgan fingerprint density at radius 1 is 1.25 bits per heavy atom. The molecule has 1 aliphatic heterocycles. The fourth-order valence-corrected chi connectivity index (χ4v) is 2.82. The van der Waals surface area contributed by atoms with Gasteiger partial charge in [-0.1, -0.05) is 6.07 Å². The lowest BCUT2D eigenvalue weighted by Gasteiger charge is -2.29. The Hall–Kier alpha value is -1.99. The highest BCUT2D eigenvalue weighted by atomic mass is 16.5. The molecule has 0 unspecified atom stereocenters. The first-order valence-corrected chi connectivity index (χ1v) is 8.02. The largest absolute Gasteiger partial charge is 0.493 e. The van der Waals surface area contributed by atoms with E-state index in [-0.39, 0.29) is 18.1 Å². The van der Waals surface area contributed by atoms with Gasteiger partial charge in [-0.15, -0.1) is 0 Å².